The molecule has 13 nitrogen and oxygen atoms in total. The molecule has 4 heterocycles. The van der Waals surface area contributed by atoms with Gasteiger partial charge in [0.25, 0.3) is 11.8 Å². The highest BCUT2D eigenvalue weighted by Crippen LogP contribution is 2.43. The molecule has 0 bridgehead atoms. The minimum Gasteiger partial charge on any atom is -0.497 e. The Labute approximate surface area is 343 Å². The van der Waals surface area contributed by atoms with Gasteiger partial charge < -0.3 is 38.8 Å². The van der Waals surface area contributed by atoms with Crippen LogP contribution < -0.4 is 29.0 Å². The average molecular weight is 847 g/mol. The molecule has 0 saturated heterocycles. The number of nitrogens with one attached hydrogen (secondary N) is 1. The number of amides is 3. The fraction of sp³-hybridized carbons (Fsp3) is 0.250. The van der Waals surface area contributed by atoms with E-state index in [1.54, 1.807) is 53.6 Å². The molecule has 3 amide bonds. The molecule has 0 fully saturated rings. The van der Waals surface area contributed by atoms with E-state index in [0.717, 1.165) is 28.0 Å². The number of nitrogens with zero attached hydrogens (tertiary/aromatic N) is 4. The number of carbonyl (C=O) groups is 3. The Morgan fingerprint density at radius 2 is 1.21 bits per heavy atom. The number of carbonyl (C=O) groups excluding carboxylic acids is 3. The van der Waals surface area contributed by atoms with Gasteiger partial charge in [0.1, 0.15) is 5.75 Å². The Morgan fingerprint density at radius 1 is 0.724 bits per heavy atom. The van der Waals surface area contributed by atoms with Gasteiger partial charge in [-0.25, -0.2) is 0 Å². The second-order valence-electron chi connectivity index (χ2n) is 13.9. The van der Waals surface area contributed by atoms with Gasteiger partial charge in [0.05, 0.1) is 61.2 Å². The topological polar surface area (TPSA) is 141 Å². The zero-order valence-corrected chi connectivity index (χ0v) is 33.8. The van der Waals surface area contributed by atoms with Crippen LogP contribution in [-0.4, -0.2) is 85.0 Å². The lowest BCUT2D eigenvalue weighted by atomic mass is 10.0. The van der Waals surface area contributed by atoms with Crippen LogP contribution in [-0.2, 0) is 4.79 Å². The van der Waals surface area contributed by atoms with Crippen LogP contribution in [0.25, 0.3) is 11.1 Å². The van der Waals surface area contributed by atoms with Crippen molar-refractivity contribution in [2.24, 2.45) is 9.98 Å². The third kappa shape index (κ3) is 7.42. The predicted molar refractivity (Wildman–Crippen MR) is 225 cm³/mol. The zero-order valence-electron chi connectivity index (χ0n) is 32.2. The molecule has 4 aliphatic rings. The zero-order chi connectivity index (χ0) is 40.5. The number of ether oxygens (including phenoxy) is 5. The fourth-order valence-corrected chi connectivity index (χ4v) is 7.48. The number of benzene rings is 4. The SMILES string of the molecule is CCC(Oc1cc2c(cc1OC)C(=O)N1C=C(c3ccc(NC(=O)CBr)cc3)C[C@H]1C=N2)Oc1cc2c(cc1OC)C(=O)N1C=C(c3ccc(OC)cc3)C[C@H]1C=N2. The van der Waals surface area contributed by atoms with Crippen LogP contribution in [0.3, 0.4) is 0 Å². The molecule has 0 spiro atoms. The van der Waals surface area contributed by atoms with Crippen LogP contribution in [0, 0.1) is 0 Å². The van der Waals surface area contributed by atoms with Crippen molar-refractivity contribution >= 4 is 74.3 Å². The molecule has 0 aromatic heterocycles. The van der Waals surface area contributed by atoms with Crippen LogP contribution in [0.5, 0.6) is 28.7 Å². The van der Waals surface area contributed by atoms with Gasteiger partial charge >= 0.3 is 0 Å². The maximum atomic E-state index is 14.0. The maximum Gasteiger partial charge on any atom is 0.260 e. The smallest absolute Gasteiger partial charge is 0.260 e. The molecule has 4 aromatic carbocycles. The Bertz CT molecular complexity index is 2410. The summed E-state index contributed by atoms with van der Waals surface area (Å²) in [6.07, 6.45) is 8.08. The lowest BCUT2D eigenvalue weighted by Gasteiger charge is -2.23. The van der Waals surface area contributed by atoms with Gasteiger partial charge in [0.2, 0.25) is 12.2 Å². The van der Waals surface area contributed by atoms with Crippen LogP contribution in [0.1, 0.15) is 58.0 Å². The second kappa shape index (κ2) is 16.2. The normalized spacial score (nSPS) is 18.2. The van der Waals surface area contributed by atoms with Gasteiger partial charge in [0.15, 0.2) is 23.0 Å². The molecule has 4 aromatic rings. The van der Waals surface area contributed by atoms with Crippen molar-refractivity contribution in [2.45, 2.75) is 44.6 Å². The summed E-state index contributed by atoms with van der Waals surface area (Å²) in [5.41, 5.74) is 6.28. The number of halogens is 1. The summed E-state index contributed by atoms with van der Waals surface area (Å²) in [5.74, 6) is 1.57. The van der Waals surface area contributed by atoms with E-state index < -0.39 is 6.29 Å². The van der Waals surface area contributed by atoms with Crippen molar-refractivity contribution in [3.63, 3.8) is 0 Å². The summed E-state index contributed by atoms with van der Waals surface area (Å²) in [4.78, 5) is 52.5. The van der Waals surface area contributed by atoms with Crippen LogP contribution in [0.4, 0.5) is 17.1 Å². The first kappa shape index (κ1) is 38.5. The van der Waals surface area contributed by atoms with E-state index in [1.165, 1.54) is 14.2 Å². The quantitative estimate of drug-likeness (QED) is 0.111. The Balaban J connectivity index is 0.998. The van der Waals surface area contributed by atoms with E-state index in [1.807, 2.05) is 67.9 Å². The van der Waals surface area contributed by atoms with Crippen LogP contribution >= 0.6 is 15.9 Å². The van der Waals surface area contributed by atoms with Crippen molar-refractivity contribution in [1.82, 2.24) is 9.80 Å². The molecule has 0 radical (unpaired) electrons. The van der Waals surface area contributed by atoms with E-state index in [9.17, 15) is 14.4 Å². The summed E-state index contributed by atoms with van der Waals surface area (Å²) in [6.45, 7) is 1.91. The van der Waals surface area contributed by atoms with E-state index >= 15 is 0 Å². The van der Waals surface area contributed by atoms with Crippen molar-refractivity contribution in [3.05, 3.63) is 107 Å². The highest BCUT2D eigenvalue weighted by molar-refractivity contribution is 9.09. The predicted octanol–water partition coefficient (Wildman–Crippen LogP) is 8.18. The summed E-state index contributed by atoms with van der Waals surface area (Å²) in [6, 6.07) is 21.4. The van der Waals surface area contributed by atoms with Gasteiger partial charge in [-0.05, 0) is 58.7 Å². The van der Waals surface area contributed by atoms with Gasteiger partial charge in [-0.3, -0.25) is 24.4 Å². The summed E-state index contributed by atoms with van der Waals surface area (Å²) in [5, 5.41) is 3.02. The average Bonchev–Trinajstić information content (AvgIpc) is 3.83. The summed E-state index contributed by atoms with van der Waals surface area (Å²) < 4.78 is 29.5. The number of anilines is 1. The lowest BCUT2D eigenvalue weighted by Crippen LogP contribution is -2.32. The molecule has 296 valence electrons. The standard InChI is InChI=1S/C44H40BrN5O8/c1-5-42(58-40-19-36-34(17-38(40)56-4)44(53)50-24-28(15-31(50)22-47-36)26-8-12-32(54-2)13-9-26)57-39-18-35-33(16-37(39)55-3)43(52)49-23-27(14-30(49)21-46-35)25-6-10-29(11-7-25)48-41(51)20-45/h6-13,16-19,21-24,30-31,42H,5,14-15,20H2,1-4H3,(H,48,51)/t30-,31-,42?/m0/s1. The van der Waals surface area contributed by atoms with Gasteiger partial charge in [-0.1, -0.05) is 47.1 Å². The van der Waals surface area contributed by atoms with Crippen LogP contribution in [0.2, 0.25) is 0 Å². The molecule has 0 aliphatic carbocycles. The van der Waals surface area contributed by atoms with Crippen molar-refractivity contribution in [2.75, 3.05) is 32.0 Å². The number of rotatable bonds is 12. The second-order valence-corrected chi connectivity index (χ2v) is 14.5. The number of aliphatic imine (C=N–C) groups is 2. The molecule has 4 aliphatic heterocycles. The minimum absolute atomic E-state index is 0.137. The largest absolute Gasteiger partial charge is 0.497 e. The van der Waals surface area contributed by atoms with Crippen molar-refractivity contribution in [3.8, 4) is 28.7 Å². The Hall–Kier alpha value is -6.41. The van der Waals surface area contributed by atoms with E-state index in [0.29, 0.717) is 70.4 Å². The number of methoxy groups -OCH3 is 3. The van der Waals surface area contributed by atoms with Crippen molar-refractivity contribution < 1.29 is 38.1 Å². The molecule has 1 N–H and O–H groups in total. The number of fused-ring (bicyclic) bond motifs is 4. The minimum atomic E-state index is -0.819. The molecule has 58 heavy (non-hydrogen) atoms. The fourth-order valence-electron chi connectivity index (χ4n) is 7.34. The van der Waals surface area contributed by atoms with Gasteiger partial charge in [-0.2, -0.15) is 0 Å². The van der Waals surface area contributed by atoms with E-state index in [2.05, 4.69) is 21.2 Å². The van der Waals surface area contributed by atoms with Gasteiger partial charge in [0, 0.05) is 61.9 Å². The van der Waals surface area contributed by atoms with Crippen molar-refractivity contribution in [1.29, 1.82) is 0 Å². The summed E-state index contributed by atoms with van der Waals surface area (Å²) >= 11 is 3.16. The molecule has 14 heteroatoms. The molecule has 8 rings (SSSR count). The third-order valence-electron chi connectivity index (χ3n) is 10.4. The Morgan fingerprint density at radius 3 is 1.64 bits per heavy atom. The maximum absolute atomic E-state index is 14.0. The van der Waals surface area contributed by atoms with Crippen LogP contribution in [0.15, 0.2) is 95.2 Å². The Kier molecular flexibility index (Phi) is 10.8. The van der Waals surface area contributed by atoms with E-state index in [4.69, 9.17) is 33.7 Å². The first-order valence-electron chi connectivity index (χ1n) is 18.7. The number of hydrogen-bond acceptors (Lipinski definition) is 10. The number of alkyl halides is 1. The highest BCUT2D eigenvalue weighted by atomic mass is 79.9. The molecule has 1 unspecified atom stereocenters. The number of hydrogen-bond donors (Lipinski definition) is 1. The monoisotopic (exact) mass is 845 g/mol. The third-order valence-corrected chi connectivity index (χ3v) is 10.9. The lowest BCUT2D eigenvalue weighted by molar-refractivity contribution is -0.113. The van der Waals surface area contributed by atoms with Gasteiger partial charge in [-0.15, -0.1) is 0 Å². The highest BCUT2D eigenvalue weighted by Gasteiger charge is 2.35. The molecule has 0 saturated carbocycles. The first-order valence-corrected chi connectivity index (χ1v) is 19.9. The molecular formula is C44H40BrN5O8. The first-order chi connectivity index (χ1) is 28.2. The summed E-state index contributed by atoms with van der Waals surface area (Å²) in [7, 11) is 4.65. The molecular weight excluding hydrogens is 806 g/mol. The van der Waals surface area contributed by atoms with E-state index in [-0.39, 0.29) is 35.1 Å². The molecule has 3 atom stereocenters.